The summed E-state index contributed by atoms with van der Waals surface area (Å²) in [5, 5.41) is 10.9. The fraction of sp³-hybridized carbons (Fsp3) is 0.273. The first-order chi connectivity index (χ1) is 14.3. The number of methoxy groups -OCH3 is 1. The van der Waals surface area contributed by atoms with Gasteiger partial charge < -0.3 is 20.1 Å². The maximum atomic E-state index is 5.75. The Hall–Kier alpha value is -2.59. The van der Waals surface area contributed by atoms with E-state index in [1.807, 2.05) is 53.3 Å². The van der Waals surface area contributed by atoms with Crippen LogP contribution >= 0.6 is 24.0 Å². The lowest BCUT2D eigenvalue weighted by Gasteiger charge is -2.14. The van der Waals surface area contributed by atoms with Gasteiger partial charge in [0.25, 0.3) is 0 Å². The van der Waals surface area contributed by atoms with Crippen LogP contribution in [0.5, 0.6) is 5.75 Å². The second-order valence-corrected chi connectivity index (χ2v) is 6.39. The predicted octanol–water partition coefficient (Wildman–Crippen LogP) is 4.09. The van der Waals surface area contributed by atoms with Gasteiger partial charge >= 0.3 is 0 Å². The van der Waals surface area contributed by atoms with Crippen molar-refractivity contribution in [3.8, 4) is 11.4 Å². The van der Waals surface area contributed by atoms with Crippen LogP contribution in [0.4, 0.5) is 5.69 Å². The molecule has 1 heterocycles. The lowest BCUT2D eigenvalue weighted by atomic mass is 10.2. The summed E-state index contributed by atoms with van der Waals surface area (Å²) >= 11 is 0. The Labute approximate surface area is 194 Å². The molecule has 2 N–H and O–H groups in total. The van der Waals surface area contributed by atoms with E-state index in [1.54, 1.807) is 20.4 Å². The van der Waals surface area contributed by atoms with Crippen LogP contribution in [0.2, 0.25) is 0 Å². The van der Waals surface area contributed by atoms with Crippen LogP contribution in [0.1, 0.15) is 12.0 Å². The standard InChI is InChI=1S/C22H27N5O2.HI/c1-23-22(26-19-8-4-10-21(16-19)29-14-6-13-28-2)24-17-18-7-3-9-20(15-18)27-12-5-11-25-27;/h3-5,7-12,15-16H,6,13-14,17H2,1-2H3,(H2,23,24,26);1H. The summed E-state index contributed by atoms with van der Waals surface area (Å²) in [6, 6.07) is 18.0. The molecule has 160 valence electrons. The van der Waals surface area contributed by atoms with Crippen molar-refractivity contribution in [2.75, 3.05) is 32.7 Å². The lowest BCUT2D eigenvalue weighted by molar-refractivity contribution is 0.172. The number of anilines is 1. The number of nitrogens with one attached hydrogen (secondary N) is 2. The maximum Gasteiger partial charge on any atom is 0.195 e. The molecule has 7 nitrogen and oxygen atoms in total. The van der Waals surface area contributed by atoms with Crippen molar-refractivity contribution in [3.63, 3.8) is 0 Å². The number of hydrogen-bond donors (Lipinski definition) is 2. The van der Waals surface area contributed by atoms with E-state index in [0.29, 0.717) is 25.7 Å². The largest absolute Gasteiger partial charge is 0.493 e. The summed E-state index contributed by atoms with van der Waals surface area (Å²) in [6.45, 7) is 1.95. The van der Waals surface area contributed by atoms with E-state index in [0.717, 1.165) is 29.1 Å². The highest BCUT2D eigenvalue weighted by Crippen LogP contribution is 2.17. The molecular weight excluding hydrogens is 493 g/mol. The molecule has 0 saturated heterocycles. The molecule has 0 saturated carbocycles. The molecule has 0 radical (unpaired) electrons. The van der Waals surface area contributed by atoms with Crippen molar-refractivity contribution >= 4 is 35.6 Å². The summed E-state index contributed by atoms with van der Waals surface area (Å²) in [4.78, 5) is 4.31. The SMILES string of the molecule is CN=C(NCc1cccc(-n2cccn2)c1)Nc1cccc(OCCCOC)c1.I. The van der Waals surface area contributed by atoms with Crippen molar-refractivity contribution in [2.24, 2.45) is 4.99 Å². The third-order valence-electron chi connectivity index (χ3n) is 4.22. The van der Waals surface area contributed by atoms with Crippen LogP contribution < -0.4 is 15.4 Å². The molecule has 3 aromatic rings. The predicted molar refractivity (Wildman–Crippen MR) is 131 cm³/mol. The van der Waals surface area contributed by atoms with Gasteiger partial charge in [0.2, 0.25) is 0 Å². The van der Waals surface area contributed by atoms with Gasteiger partial charge in [0.15, 0.2) is 5.96 Å². The van der Waals surface area contributed by atoms with Gasteiger partial charge in [-0.1, -0.05) is 18.2 Å². The second-order valence-electron chi connectivity index (χ2n) is 6.39. The highest BCUT2D eigenvalue weighted by Gasteiger charge is 2.03. The van der Waals surface area contributed by atoms with E-state index in [1.165, 1.54) is 0 Å². The van der Waals surface area contributed by atoms with Crippen molar-refractivity contribution in [1.29, 1.82) is 0 Å². The first-order valence-electron chi connectivity index (χ1n) is 9.57. The summed E-state index contributed by atoms with van der Waals surface area (Å²) in [5.41, 5.74) is 3.07. The van der Waals surface area contributed by atoms with Gasteiger partial charge in [-0.15, -0.1) is 24.0 Å². The average Bonchev–Trinajstić information content (AvgIpc) is 3.30. The quantitative estimate of drug-likeness (QED) is 0.192. The first kappa shape index (κ1) is 23.7. The number of rotatable bonds is 9. The summed E-state index contributed by atoms with van der Waals surface area (Å²) in [7, 11) is 3.44. The lowest BCUT2D eigenvalue weighted by Crippen LogP contribution is -2.30. The van der Waals surface area contributed by atoms with E-state index >= 15 is 0 Å². The van der Waals surface area contributed by atoms with E-state index in [4.69, 9.17) is 9.47 Å². The molecule has 0 amide bonds. The van der Waals surface area contributed by atoms with Gasteiger partial charge in [0.1, 0.15) is 5.75 Å². The zero-order valence-corrected chi connectivity index (χ0v) is 19.6. The number of aromatic nitrogens is 2. The van der Waals surface area contributed by atoms with E-state index in [-0.39, 0.29) is 24.0 Å². The molecule has 8 heteroatoms. The minimum absolute atomic E-state index is 0. The van der Waals surface area contributed by atoms with Gasteiger partial charge in [-0.2, -0.15) is 5.10 Å². The number of hydrogen-bond acceptors (Lipinski definition) is 4. The monoisotopic (exact) mass is 521 g/mol. The van der Waals surface area contributed by atoms with E-state index < -0.39 is 0 Å². The Morgan fingerprint density at radius 2 is 1.97 bits per heavy atom. The zero-order chi connectivity index (χ0) is 20.3. The van der Waals surface area contributed by atoms with Crippen LogP contribution in [0, 0.1) is 0 Å². The molecule has 3 rings (SSSR count). The molecule has 0 aliphatic carbocycles. The molecule has 0 atom stereocenters. The number of aliphatic imine (C=N–C) groups is 1. The van der Waals surface area contributed by atoms with Crippen LogP contribution in [0.3, 0.4) is 0 Å². The number of nitrogens with zero attached hydrogens (tertiary/aromatic N) is 3. The van der Waals surface area contributed by atoms with E-state index in [2.05, 4.69) is 32.9 Å². The number of halogens is 1. The van der Waals surface area contributed by atoms with Crippen LogP contribution in [0.15, 0.2) is 72.0 Å². The molecule has 0 fully saturated rings. The molecule has 2 aromatic carbocycles. The number of guanidine groups is 1. The molecule has 0 unspecified atom stereocenters. The van der Waals surface area contributed by atoms with Gasteiger partial charge in [0, 0.05) is 57.9 Å². The summed E-state index contributed by atoms with van der Waals surface area (Å²) in [5.74, 6) is 1.50. The first-order valence-corrected chi connectivity index (χ1v) is 9.57. The fourth-order valence-electron chi connectivity index (χ4n) is 2.79. The summed E-state index contributed by atoms with van der Waals surface area (Å²) < 4.78 is 12.6. The molecule has 0 spiro atoms. The van der Waals surface area contributed by atoms with Crippen molar-refractivity contribution in [2.45, 2.75) is 13.0 Å². The molecule has 30 heavy (non-hydrogen) atoms. The normalized spacial score (nSPS) is 10.9. The Balaban J connectivity index is 0.00000320. The van der Waals surface area contributed by atoms with Crippen molar-refractivity contribution in [1.82, 2.24) is 15.1 Å². The Morgan fingerprint density at radius 1 is 1.10 bits per heavy atom. The van der Waals surface area contributed by atoms with Gasteiger partial charge in [-0.25, -0.2) is 4.68 Å². The molecule has 0 aliphatic heterocycles. The molecule has 0 bridgehead atoms. The molecule has 1 aromatic heterocycles. The zero-order valence-electron chi connectivity index (χ0n) is 17.2. The van der Waals surface area contributed by atoms with Crippen LogP contribution in [0.25, 0.3) is 5.69 Å². The highest BCUT2D eigenvalue weighted by atomic mass is 127. The average molecular weight is 521 g/mol. The molecular formula is C22H28IN5O2. The topological polar surface area (TPSA) is 72.7 Å². The van der Waals surface area contributed by atoms with Crippen molar-refractivity contribution in [3.05, 3.63) is 72.6 Å². The number of benzene rings is 2. The Kier molecular flexibility index (Phi) is 10.2. The molecule has 0 aliphatic rings. The van der Waals surface area contributed by atoms with Gasteiger partial charge in [0.05, 0.1) is 12.3 Å². The third-order valence-corrected chi connectivity index (χ3v) is 4.22. The fourth-order valence-corrected chi connectivity index (χ4v) is 2.79. The Morgan fingerprint density at radius 3 is 2.73 bits per heavy atom. The Bertz CT molecular complexity index is 915. The smallest absolute Gasteiger partial charge is 0.195 e. The number of ether oxygens (including phenoxy) is 2. The van der Waals surface area contributed by atoms with E-state index in [9.17, 15) is 0 Å². The van der Waals surface area contributed by atoms with Crippen LogP contribution in [-0.4, -0.2) is 43.1 Å². The maximum absolute atomic E-state index is 5.75. The second kappa shape index (κ2) is 12.9. The van der Waals surface area contributed by atoms with Crippen LogP contribution in [-0.2, 0) is 11.3 Å². The minimum atomic E-state index is 0. The van der Waals surface area contributed by atoms with Gasteiger partial charge in [-0.05, 0) is 35.9 Å². The van der Waals surface area contributed by atoms with Gasteiger partial charge in [-0.3, -0.25) is 4.99 Å². The minimum Gasteiger partial charge on any atom is -0.493 e. The summed E-state index contributed by atoms with van der Waals surface area (Å²) in [6.07, 6.45) is 4.55. The highest BCUT2D eigenvalue weighted by molar-refractivity contribution is 14.0. The van der Waals surface area contributed by atoms with Crippen molar-refractivity contribution < 1.29 is 9.47 Å². The third kappa shape index (κ3) is 7.34.